The number of carbonyl (C=O) groups excluding carboxylic acids is 5. The van der Waals surface area contributed by atoms with Gasteiger partial charge in [-0.25, -0.2) is 14.0 Å². The minimum atomic E-state index is -1.01. The second-order valence-electron chi connectivity index (χ2n) is 10.7. The summed E-state index contributed by atoms with van der Waals surface area (Å²) in [5, 5.41) is 13.5. The number of halogens is 1. The zero-order valence-corrected chi connectivity index (χ0v) is 24.3. The summed E-state index contributed by atoms with van der Waals surface area (Å²) in [5.74, 6) is -3.04. The highest BCUT2D eigenvalue weighted by Gasteiger charge is 2.31. The van der Waals surface area contributed by atoms with E-state index in [-0.39, 0.29) is 30.6 Å². The van der Waals surface area contributed by atoms with Crippen LogP contribution in [0.25, 0.3) is 0 Å². The lowest BCUT2D eigenvalue weighted by Gasteiger charge is -2.27. The van der Waals surface area contributed by atoms with Crippen LogP contribution in [-0.2, 0) is 30.3 Å². The number of amides is 5. The molecule has 2 rings (SSSR count). The second kappa shape index (κ2) is 16.3. The average molecular weight is 576 g/mol. The SMILES string of the molecule is COC(=O)[C@@H](NC(=O)N[C@H](C(=O)N[C@H]1CCCCNC(=O)C=C[C@H](Cc2ccccc2F)NC1=O)C(C)C)C(C)C. The van der Waals surface area contributed by atoms with Crippen molar-refractivity contribution in [2.45, 2.75) is 77.5 Å². The Labute approximate surface area is 240 Å². The van der Waals surface area contributed by atoms with E-state index in [1.807, 2.05) is 0 Å². The van der Waals surface area contributed by atoms with Crippen LogP contribution in [0.1, 0.15) is 52.5 Å². The molecule has 5 amide bonds. The fourth-order valence-corrected chi connectivity index (χ4v) is 4.31. The van der Waals surface area contributed by atoms with Gasteiger partial charge in [-0.15, -0.1) is 0 Å². The van der Waals surface area contributed by atoms with Gasteiger partial charge in [0.2, 0.25) is 17.7 Å². The number of hydrogen-bond donors (Lipinski definition) is 5. The minimum absolute atomic E-state index is 0.0937. The number of ether oxygens (including phenoxy) is 1. The van der Waals surface area contributed by atoms with Gasteiger partial charge < -0.3 is 31.3 Å². The molecule has 12 heteroatoms. The second-order valence-corrected chi connectivity index (χ2v) is 10.7. The maximum Gasteiger partial charge on any atom is 0.328 e. The molecule has 0 fully saturated rings. The summed E-state index contributed by atoms with van der Waals surface area (Å²) in [6.45, 7) is 7.36. The molecule has 11 nitrogen and oxygen atoms in total. The van der Waals surface area contributed by atoms with Gasteiger partial charge in [-0.3, -0.25) is 14.4 Å². The molecule has 4 atom stereocenters. The third kappa shape index (κ3) is 10.8. The van der Waals surface area contributed by atoms with Gasteiger partial charge in [0.1, 0.15) is 23.9 Å². The Bertz CT molecular complexity index is 1110. The number of benzene rings is 1. The van der Waals surface area contributed by atoms with Gasteiger partial charge >= 0.3 is 12.0 Å². The number of esters is 1. The zero-order chi connectivity index (χ0) is 30.5. The summed E-state index contributed by atoms with van der Waals surface area (Å²) < 4.78 is 19.1. The van der Waals surface area contributed by atoms with Crippen molar-refractivity contribution in [1.29, 1.82) is 0 Å². The summed E-state index contributed by atoms with van der Waals surface area (Å²) in [6, 6.07) is 1.84. The molecule has 5 N–H and O–H groups in total. The predicted molar refractivity (Wildman–Crippen MR) is 151 cm³/mol. The van der Waals surface area contributed by atoms with Gasteiger partial charge in [-0.2, -0.15) is 0 Å². The number of urea groups is 1. The predicted octanol–water partition coefficient (Wildman–Crippen LogP) is 1.72. The highest BCUT2D eigenvalue weighted by molar-refractivity contribution is 5.93. The Kier molecular flexibility index (Phi) is 13.2. The molecular formula is C29H42FN5O6. The van der Waals surface area contributed by atoms with Gasteiger partial charge in [0.25, 0.3) is 0 Å². The van der Waals surface area contributed by atoms with Crippen LogP contribution in [0.15, 0.2) is 36.4 Å². The van der Waals surface area contributed by atoms with Gasteiger partial charge in [-0.05, 0) is 49.1 Å². The van der Waals surface area contributed by atoms with E-state index in [2.05, 4.69) is 26.6 Å². The van der Waals surface area contributed by atoms with E-state index in [0.717, 1.165) is 0 Å². The molecule has 41 heavy (non-hydrogen) atoms. The van der Waals surface area contributed by atoms with Crippen LogP contribution < -0.4 is 26.6 Å². The van der Waals surface area contributed by atoms with E-state index >= 15 is 0 Å². The Morgan fingerprint density at radius 3 is 2.32 bits per heavy atom. The number of rotatable bonds is 9. The Morgan fingerprint density at radius 1 is 1.02 bits per heavy atom. The van der Waals surface area contributed by atoms with Crippen molar-refractivity contribution >= 4 is 29.7 Å². The lowest BCUT2D eigenvalue weighted by atomic mass is 10.0. The van der Waals surface area contributed by atoms with Gasteiger partial charge in [0.05, 0.1) is 13.2 Å². The maximum absolute atomic E-state index is 14.3. The van der Waals surface area contributed by atoms with Crippen LogP contribution >= 0.6 is 0 Å². The van der Waals surface area contributed by atoms with Crippen LogP contribution in [0.2, 0.25) is 0 Å². The van der Waals surface area contributed by atoms with Crippen molar-refractivity contribution in [1.82, 2.24) is 26.6 Å². The van der Waals surface area contributed by atoms with E-state index < -0.39 is 53.8 Å². The molecule has 226 valence electrons. The van der Waals surface area contributed by atoms with Gasteiger partial charge in [0.15, 0.2) is 0 Å². The highest BCUT2D eigenvalue weighted by atomic mass is 19.1. The molecule has 0 saturated heterocycles. The fourth-order valence-electron chi connectivity index (χ4n) is 4.31. The van der Waals surface area contributed by atoms with Crippen molar-refractivity contribution in [2.24, 2.45) is 11.8 Å². The summed E-state index contributed by atoms with van der Waals surface area (Å²) in [6.07, 6.45) is 4.27. The maximum atomic E-state index is 14.3. The van der Waals surface area contributed by atoms with Crippen molar-refractivity contribution in [3.8, 4) is 0 Å². The van der Waals surface area contributed by atoms with Crippen LogP contribution in [0.3, 0.4) is 0 Å². The van der Waals surface area contributed by atoms with E-state index in [4.69, 9.17) is 4.74 Å². The molecule has 0 bridgehead atoms. The fraction of sp³-hybridized carbons (Fsp3) is 0.552. The molecular weight excluding hydrogens is 533 g/mol. The molecule has 1 aromatic rings. The van der Waals surface area contributed by atoms with E-state index in [1.165, 1.54) is 25.3 Å². The van der Waals surface area contributed by atoms with Gasteiger partial charge in [0, 0.05) is 12.6 Å². The summed E-state index contributed by atoms with van der Waals surface area (Å²) in [7, 11) is 1.22. The van der Waals surface area contributed by atoms with Crippen molar-refractivity contribution in [2.75, 3.05) is 13.7 Å². The minimum Gasteiger partial charge on any atom is -0.467 e. The molecule has 1 aliphatic rings. The molecule has 0 spiro atoms. The molecule has 0 aliphatic carbocycles. The van der Waals surface area contributed by atoms with Gasteiger partial charge in [-0.1, -0.05) is 52.0 Å². The van der Waals surface area contributed by atoms with Crippen molar-refractivity contribution < 1.29 is 33.1 Å². The van der Waals surface area contributed by atoms with Crippen LogP contribution in [-0.4, -0.2) is 67.5 Å². The molecule has 0 unspecified atom stereocenters. The van der Waals surface area contributed by atoms with Crippen LogP contribution in [0.4, 0.5) is 9.18 Å². The molecule has 1 aromatic carbocycles. The summed E-state index contributed by atoms with van der Waals surface area (Å²) in [5.41, 5.74) is 0.359. The first-order valence-electron chi connectivity index (χ1n) is 13.9. The number of hydrogen-bond acceptors (Lipinski definition) is 6. The smallest absolute Gasteiger partial charge is 0.328 e. The molecule has 1 heterocycles. The Morgan fingerprint density at radius 2 is 1.68 bits per heavy atom. The van der Waals surface area contributed by atoms with E-state index in [9.17, 15) is 28.4 Å². The molecule has 0 aromatic heterocycles. The first-order chi connectivity index (χ1) is 19.4. The number of carbonyl (C=O) groups is 5. The molecule has 0 radical (unpaired) electrons. The number of methoxy groups -OCH3 is 1. The van der Waals surface area contributed by atoms with Crippen molar-refractivity contribution in [3.05, 3.63) is 47.8 Å². The first kappa shape index (κ1) is 33.2. The van der Waals surface area contributed by atoms with Crippen molar-refractivity contribution in [3.63, 3.8) is 0 Å². The van der Waals surface area contributed by atoms with Crippen LogP contribution in [0.5, 0.6) is 0 Å². The quantitative estimate of drug-likeness (QED) is 0.283. The molecule has 0 saturated carbocycles. The Balaban J connectivity index is 2.19. The standard InChI is InChI=1S/C29H42FN5O6/c1-17(2)24(34-29(40)35-25(18(3)4)28(39)41-5)27(38)33-22-12-8-9-15-31-23(36)14-13-20(32-26(22)37)16-19-10-6-7-11-21(19)30/h6-7,10-11,13-14,17-18,20,22,24-25H,8-9,12,15-16H2,1-5H3,(H,31,36)(H,32,37)(H,33,38)(H2,34,35,40)/t20-,22+,24+,25+/m1/s1. The topological polar surface area (TPSA) is 155 Å². The number of nitrogens with one attached hydrogen (secondary N) is 5. The summed E-state index contributed by atoms with van der Waals surface area (Å²) in [4.78, 5) is 63.6. The average Bonchev–Trinajstić information content (AvgIpc) is 2.92. The third-order valence-corrected chi connectivity index (χ3v) is 6.70. The molecule has 1 aliphatic heterocycles. The monoisotopic (exact) mass is 575 g/mol. The van der Waals surface area contributed by atoms with E-state index in [0.29, 0.717) is 24.9 Å². The van der Waals surface area contributed by atoms with Crippen LogP contribution in [0, 0.1) is 17.7 Å². The summed E-state index contributed by atoms with van der Waals surface area (Å²) >= 11 is 0. The third-order valence-electron chi connectivity index (χ3n) is 6.70. The zero-order valence-electron chi connectivity index (χ0n) is 24.3. The lowest BCUT2D eigenvalue weighted by molar-refractivity contribution is -0.144. The van der Waals surface area contributed by atoms with E-state index in [1.54, 1.807) is 45.9 Å². The normalized spacial score (nSPS) is 19.6. The largest absolute Gasteiger partial charge is 0.467 e. The first-order valence-corrected chi connectivity index (χ1v) is 13.9. The highest BCUT2D eigenvalue weighted by Crippen LogP contribution is 2.12. The Hall–Kier alpha value is -3.96. The lowest BCUT2D eigenvalue weighted by Crippen LogP contribution is -2.59.